The van der Waals surface area contributed by atoms with Crippen LogP contribution in [0.15, 0.2) is 88.9 Å². The SMILES string of the molecule is C=C[n+]1ccn(C2=C(NS(=O)(=O)c3ccc(Br)cc3)C(=O)c3ccccc3C2=O)c1. The number of benzene rings is 2. The largest absolute Gasteiger partial charge is 0.287 e. The summed E-state index contributed by atoms with van der Waals surface area (Å²) in [7, 11) is -4.12. The number of Topliss-reactive ketones (excluding diaryl/α,β-unsaturated/α-hetero) is 2. The lowest BCUT2D eigenvalue weighted by atomic mass is 9.90. The van der Waals surface area contributed by atoms with Gasteiger partial charge in [0.25, 0.3) is 16.4 Å². The second kappa shape index (κ2) is 7.51. The lowest BCUT2D eigenvalue weighted by Crippen LogP contribution is -2.35. The summed E-state index contributed by atoms with van der Waals surface area (Å²) in [6.45, 7) is 3.65. The summed E-state index contributed by atoms with van der Waals surface area (Å²) in [5.41, 5.74) is -0.0418. The molecule has 0 amide bonds. The van der Waals surface area contributed by atoms with Gasteiger partial charge in [0.1, 0.15) is 18.1 Å². The summed E-state index contributed by atoms with van der Waals surface area (Å²) in [4.78, 5) is 26.4. The van der Waals surface area contributed by atoms with Crippen molar-refractivity contribution in [3.63, 3.8) is 0 Å². The minimum atomic E-state index is -4.12. The van der Waals surface area contributed by atoms with Crippen LogP contribution in [0.3, 0.4) is 0 Å². The quantitative estimate of drug-likeness (QED) is 0.563. The van der Waals surface area contributed by atoms with Crippen molar-refractivity contribution in [2.45, 2.75) is 4.90 Å². The van der Waals surface area contributed by atoms with Crippen LogP contribution in [0.1, 0.15) is 20.7 Å². The number of halogens is 1. The molecule has 0 saturated heterocycles. The molecule has 0 saturated carbocycles. The van der Waals surface area contributed by atoms with E-state index in [4.69, 9.17) is 0 Å². The van der Waals surface area contributed by atoms with Crippen LogP contribution in [0.2, 0.25) is 0 Å². The van der Waals surface area contributed by atoms with Crippen LogP contribution in [-0.4, -0.2) is 24.6 Å². The Bertz CT molecular complexity index is 1340. The minimum absolute atomic E-state index is 0.0367. The van der Waals surface area contributed by atoms with E-state index in [9.17, 15) is 18.0 Å². The Morgan fingerprint density at radius 3 is 2.23 bits per heavy atom. The molecule has 0 unspecified atom stereocenters. The van der Waals surface area contributed by atoms with Crippen molar-refractivity contribution < 1.29 is 22.6 Å². The van der Waals surface area contributed by atoms with Crippen LogP contribution in [0.5, 0.6) is 0 Å². The molecule has 7 nitrogen and oxygen atoms in total. The summed E-state index contributed by atoms with van der Waals surface area (Å²) in [6, 6.07) is 12.3. The number of sulfonamides is 1. The molecule has 2 aromatic carbocycles. The molecule has 1 aliphatic rings. The van der Waals surface area contributed by atoms with Crippen LogP contribution in [-0.2, 0) is 10.0 Å². The van der Waals surface area contributed by atoms with E-state index in [-0.39, 0.29) is 27.4 Å². The van der Waals surface area contributed by atoms with Crippen LogP contribution in [0, 0.1) is 0 Å². The molecule has 9 heteroatoms. The highest BCUT2D eigenvalue weighted by Gasteiger charge is 2.38. The Balaban J connectivity index is 1.90. The molecule has 1 heterocycles. The molecule has 30 heavy (non-hydrogen) atoms. The Labute approximate surface area is 181 Å². The average molecular weight is 485 g/mol. The molecule has 1 N–H and O–H groups in total. The van der Waals surface area contributed by atoms with Gasteiger partial charge >= 0.3 is 0 Å². The number of hydrogen-bond donors (Lipinski definition) is 1. The zero-order valence-electron chi connectivity index (χ0n) is 15.4. The normalized spacial score (nSPS) is 13.9. The molecule has 4 rings (SSSR count). The van der Waals surface area contributed by atoms with Gasteiger partial charge in [-0.3, -0.25) is 14.3 Å². The standard InChI is InChI=1S/C21H14BrN3O4S/c1-2-24-11-12-25(13-24)19-18(20(26)16-5-3-4-6-17(16)21(19)27)23-30(28,29)15-9-7-14(22)8-10-15/h2-13H,1H2/p+1. The first kappa shape index (κ1) is 20.0. The maximum Gasteiger partial charge on any atom is 0.262 e. The van der Waals surface area contributed by atoms with E-state index in [2.05, 4.69) is 27.2 Å². The summed E-state index contributed by atoms with van der Waals surface area (Å²) >= 11 is 3.26. The fourth-order valence-corrected chi connectivity index (χ4v) is 4.45. The van der Waals surface area contributed by atoms with Gasteiger partial charge in [0.2, 0.25) is 17.3 Å². The third-order valence-corrected chi connectivity index (χ3v) is 6.48. The van der Waals surface area contributed by atoms with Crippen molar-refractivity contribution in [1.29, 1.82) is 0 Å². The zero-order chi connectivity index (χ0) is 21.5. The molecular weight excluding hydrogens is 470 g/mol. The highest BCUT2D eigenvalue weighted by atomic mass is 79.9. The number of nitrogens with one attached hydrogen (secondary N) is 1. The van der Waals surface area contributed by atoms with Crippen LogP contribution in [0.25, 0.3) is 11.9 Å². The fourth-order valence-electron chi connectivity index (χ4n) is 3.12. The number of ketones is 2. The Kier molecular flexibility index (Phi) is 5.00. The first-order valence-electron chi connectivity index (χ1n) is 8.74. The van der Waals surface area contributed by atoms with Gasteiger partial charge in [-0.1, -0.05) is 46.8 Å². The van der Waals surface area contributed by atoms with Gasteiger partial charge in [-0.15, -0.1) is 0 Å². The molecular formula is C21H15BrN3O4S+. The molecule has 0 fully saturated rings. The van der Waals surface area contributed by atoms with Crippen molar-refractivity contribution in [2.24, 2.45) is 0 Å². The molecule has 0 aliphatic heterocycles. The summed E-state index contributed by atoms with van der Waals surface area (Å²) in [6.07, 6.45) is 6.20. The van der Waals surface area contributed by atoms with Crippen molar-refractivity contribution >= 4 is 49.4 Å². The number of imidazole rings is 1. The topological polar surface area (TPSA) is 89.1 Å². The lowest BCUT2D eigenvalue weighted by molar-refractivity contribution is -0.566. The second-order valence-electron chi connectivity index (χ2n) is 6.44. The van der Waals surface area contributed by atoms with Gasteiger partial charge in [0, 0.05) is 15.6 Å². The predicted molar refractivity (Wildman–Crippen MR) is 114 cm³/mol. The van der Waals surface area contributed by atoms with Crippen molar-refractivity contribution in [1.82, 2.24) is 9.29 Å². The first-order chi connectivity index (χ1) is 14.3. The summed E-state index contributed by atoms with van der Waals surface area (Å²) in [5.74, 6) is -1.05. The third-order valence-electron chi connectivity index (χ3n) is 4.58. The number of allylic oxidation sites excluding steroid dienone is 2. The van der Waals surface area contributed by atoms with Gasteiger partial charge in [-0.2, -0.15) is 4.57 Å². The highest BCUT2D eigenvalue weighted by Crippen LogP contribution is 2.29. The number of carbonyl (C=O) groups excluding carboxylic acids is 2. The molecule has 1 aliphatic carbocycles. The Hall–Kier alpha value is -3.30. The van der Waals surface area contributed by atoms with Crippen LogP contribution in [0.4, 0.5) is 0 Å². The molecule has 0 radical (unpaired) electrons. The van der Waals surface area contributed by atoms with Crippen molar-refractivity contribution in [3.05, 3.63) is 95.1 Å². The van der Waals surface area contributed by atoms with Gasteiger partial charge in [0.05, 0.1) is 11.1 Å². The molecule has 1 aromatic heterocycles. The van der Waals surface area contributed by atoms with E-state index in [1.54, 1.807) is 47.3 Å². The molecule has 150 valence electrons. The molecule has 3 aromatic rings. The number of rotatable bonds is 5. The van der Waals surface area contributed by atoms with Crippen LogP contribution < -0.4 is 9.29 Å². The number of nitrogens with zero attached hydrogens (tertiary/aromatic N) is 2. The van der Waals surface area contributed by atoms with Gasteiger partial charge in [-0.25, -0.2) is 13.0 Å². The van der Waals surface area contributed by atoms with Gasteiger partial charge in [-0.05, 0) is 24.3 Å². The van der Waals surface area contributed by atoms with Crippen molar-refractivity contribution in [2.75, 3.05) is 0 Å². The summed E-state index contributed by atoms with van der Waals surface area (Å²) in [5, 5.41) is 0. The van der Waals surface area contributed by atoms with Crippen molar-refractivity contribution in [3.8, 4) is 0 Å². The average Bonchev–Trinajstić information content (AvgIpc) is 3.21. The predicted octanol–water partition coefficient (Wildman–Crippen LogP) is 2.86. The van der Waals surface area contributed by atoms with Gasteiger partial charge in [0.15, 0.2) is 0 Å². The number of aromatic nitrogens is 2. The lowest BCUT2D eigenvalue weighted by Gasteiger charge is -2.19. The van der Waals surface area contributed by atoms with E-state index in [0.29, 0.717) is 4.47 Å². The Morgan fingerprint density at radius 1 is 1.00 bits per heavy atom. The second-order valence-corrected chi connectivity index (χ2v) is 9.04. The van der Waals surface area contributed by atoms with E-state index in [1.165, 1.54) is 35.3 Å². The maximum atomic E-state index is 13.2. The zero-order valence-corrected chi connectivity index (χ0v) is 17.9. The minimum Gasteiger partial charge on any atom is -0.287 e. The molecule has 0 bridgehead atoms. The Morgan fingerprint density at radius 2 is 1.63 bits per heavy atom. The van der Waals surface area contributed by atoms with Gasteiger partial charge < -0.3 is 0 Å². The molecule has 0 atom stereocenters. The number of carbonyl (C=O) groups is 2. The fraction of sp³-hybridized carbons (Fsp3) is 0. The first-order valence-corrected chi connectivity index (χ1v) is 11.0. The van der Waals surface area contributed by atoms with Crippen LogP contribution >= 0.6 is 15.9 Å². The van der Waals surface area contributed by atoms with E-state index in [0.717, 1.165) is 0 Å². The van der Waals surface area contributed by atoms with E-state index < -0.39 is 21.6 Å². The maximum absolute atomic E-state index is 13.2. The third kappa shape index (κ3) is 3.42. The number of hydrogen-bond acceptors (Lipinski definition) is 4. The smallest absolute Gasteiger partial charge is 0.262 e. The van der Waals surface area contributed by atoms with E-state index in [1.807, 2.05) is 0 Å². The highest BCUT2D eigenvalue weighted by molar-refractivity contribution is 9.10. The number of fused-ring (bicyclic) bond motifs is 1. The monoisotopic (exact) mass is 484 g/mol. The molecule has 0 spiro atoms. The van der Waals surface area contributed by atoms with E-state index >= 15 is 0 Å². The summed E-state index contributed by atoms with van der Waals surface area (Å²) < 4.78 is 31.9.